The molecule has 256 valence electrons. The van der Waals surface area contributed by atoms with Crippen LogP contribution in [-0.4, -0.2) is 34.5 Å². The number of fused-ring (bicyclic) bond motifs is 7. The van der Waals surface area contributed by atoms with Crippen LogP contribution in [0.1, 0.15) is 141 Å². The van der Waals surface area contributed by atoms with Crippen molar-refractivity contribution in [3.63, 3.8) is 0 Å². The van der Waals surface area contributed by atoms with Gasteiger partial charge in [-0.05, 0) is 158 Å². The van der Waals surface area contributed by atoms with Gasteiger partial charge in [0, 0.05) is 12.6 Å². The van der Waals surface area contributed by atoms with Gasteiger partial charge in [-0.25, -0.2) is 4.79 Å². The predicted molar refractivity (Wildman–Crippen MR) is 191 cm³/mol. The predicted octanol–water partition coefficient (Wildman–Crippen LogP) is 10.4. The topological polar surface area (TPSA) is 57.6 Å². The summed E-state index contributed by atoms with van der Waals surface area (Å²) in [6.45, 7) is 23.0. The SMILES string of the molecule is C=C(C)[C@@H]1CC[C@]2(C(=O)N3CCC[C@@H]3CC)CC[C@]3(C)[C@H](CC[C@@H]4[C@@]5(C)CC=C(c6ccc(C(=O)O)cc6)C(C)(C)[C@@H]5CC[C@]43C)[C@@H]12. The van der Waals surface area contributed by atoms with Gasteiger partial charge in [-0.3, -0.25) is 4.79 Å². The molecule has 4 saturated carbocycles. The number of allylic oxidation sites excluding steroid dienone is 3. The number of hydrogen-bond acceptors (Lipinski definition) is 2. The van der Waals surface area contributed by atoms with E-state index in [9.17, 15) is 14.7 Å². The molecule has 0 aromatic heterocycles. The lowest BCUT2D eigenvalue weighted by Gasteiger charge is -2.72. The van der Waals surface area contributed by atoms with Gasteiger partial charge in [0.1, 0.15) is 0 Å². The van der Waals surface area contributed by atoms with E-state index in [1.54, 1.807) is 12.1 Å². The molecule has 5 aliphatic carbocycles. The van der Waals surface area contributed by atoms with Crippen molar-refractivity contribution in [1.82, 2.24) is 4.90 Å². The van der Waals surface area contributed by atoms with Crippen LogP contribution in [0.15, 0.2) is 42.5 Å². The number of nitrogens with zero attached hydrogens (tertiary/aromatic N) is 1. The first-order valence-electron chi connectivity index (χ1n) is 19.2. The van der Waals surface area contributed by atoms with Crippen LogP contribution in [0.3, 0.4) is 0 Å². The molecule has 1 aromatic rings. The summed E-state index contributed by atoms with van der Waals surface area (Å²) in [5, 5.41) is 9.48. The van der Waals surface area contributed by atoms with Gasteiger partial charge in [0.05, 0.1) is 11.0 Å². The fourth-order valence-electron chi connectivity index (χ4n) is 14.2. The van der Waals surface area contributed by atoms with Gasteiger partial charge in [0.2, 0.25) is 5.91 Å². The highest BCUT2D eigenvalue weighted by Crippen LogP contribution is 2.78. The summed E-state index contributed by atoms with van der Waals surface area (Å²) >= 11 is 0. The smallest absolute Gasteiger partial charge is 0.335 e. The van der Waals surface area contributed by atoms with Crippen LogP contribution in [0.2, 0.25) is 0 Å². The van der Waals surface area contributed by atoms with Gasteiger partial charge in [-0.1, -0.05) is 71.9 Å². The second-order valence-electron chi connectivity index (χ2n) is 18.5. The van der Waals surface area contributed by atoms with Crippen LogP contribution in [0.4, 0.5) is 0 Å². The number of carbonyl (C=O) groups excluding carboxylic acids is 1. The Labute approximate surface area is 284 Å². The average molecular weight is 640 g/mol. The van der Waals surface area contributed by atoms with Crippen LogP contribution in [0.5, 0.6) is 0 Å². The average Bonchev–Trinajstić information content (AvgIpc) is 3.67. The Bertz CT molecular complexity index is 1490. The van der Waals surface area contributed by atoms with E-state index in [-0.39, 0.29) is 27.1 Å². The van der Waals surface area contributed by atoms with Crippen molar-refractivity contribution in [1.29, 1.82) is 0 Å². The molecule has 5 fully saturated rings. The van der Waals surface area contributed by atoms with Crippen LogP contribution < -0.4 is 0 Å². The fraction of sp³-hybridized carbons (Fsp3) is 0.721. The third-order valence-electron chi connectivity index (χ3n) is 16.6. The molecule has 1 heterocycles. The second-order valence-corrected chi connectivity index (χ2v) is 18.5. The Morgan fingerprint density at radius 1 is 0.894 bits per heavy atom. The van der Waals surface area contributed by atoms with Gasteiger partial charge < -0.3 is 10.0 Å². The van der Waals surface area contributed by atoms with Gasteiger partial charge >= 0.3 is 5.97 Å². The Hall–Kier alpha value is -2.36. The molecule has 1 N–H and O–H groups in total. The van der Waals surface area contributed by atoms with Gasteiger partial charge in [-0.2, -0.15) is 0 Å². The molecule has 1 aromatic carbocycles. The normalized spacial score (nSPS) is 43.6. The van der Waals surface area contributed by atoms with Crippen LogP contribution in [0.25, 0.3) is 5.57 Å². The highest BCUT2D eigenvalue weighted by Gasteiger charge is 2.72. The van der Waals surface area contributed by atoms with E-state index >= 15 is 0 Å². The summed E-state index contributed by atoms with van der Waals surface area (Å²) in [5.74, 6) is 2.34. The number of amides is 1. The van der Waals surface area contributed by atoms with E-state index in [1.807, 2.05) is 12.1 Å². The summed E-state index contributed by atoms with van der Waals surface area (Å²) in [7, 11) is 0. The molecular weight excluding hydrogens is 578 g/mol. The Morgan fingerprint density at radius 2 is 1.62 bits per heavy atom. The molecule has 1 amide bonds. The maximum atomic E-state index is 14.9. The minimum absolute atomic E-state index is 0.00695. The van der Waals surface area contributed by atoms with Crippen molar-refractivity contribution in [2.24, 2.45) is 56.7 Å². The van der Waals surface area contributed by atoms with Gasteiger partial charge in [-0.15, -0.1) is 0 Å². The zero-order valence-electron chi connectivity index (χ0n) is 30.5. The van der Waals surface area contributed by atoms with E-state index in [1.165, 1.54) is 55.2 Å². The van der Waals surface area contributed by atoms with Crippen molar-refractivity contribution in [3.8, 4) is 0 Å². The maximum Gasteiger partial charge on any atom is 0.335 e. The number of carbonyl (C=O) groups is 2. The van der Waals surface area contributed by atoms with Crippen molar-refractivity contribution in [3.05, 3.63) is 53.6 Å². The van der Waals surface area contributed by atoms with Crippen molar-refractivity contribution in [2.45, 2.75) is 132 Å². The molecule has 4 nitrogen and oxygen atoms in total. The first-order valence-corrected chi connectivity index (χ1v) is 19.2. The molecule has 7 rings (SSSR count). The van der Waals surface area contributed by atoms with E-state index in [0.29, 0.717) is 47.1 Å². The second kappa shape index (κ2) is 11.1. The summed E-state index contributed by atoms with van der Waals surface area (Å²) < 4.78 is 0. The molecule has 6 aliphatic rings. The summed E-state index contributed by atoms with van der Waals surface area (Å²) in [4.78, 5) is 28.7. The van der Waals surface area contributed by atoms with E-state index in [0.717, 1.165) is 45.1 Å². The molecule has 0 unspecified atom stereocenters. The Kier molecular flexibility index (Phi) is 7.81. The summed E-state index contributed by atoms with van der Waals surface area (Å²) in [6, 6.07) is 8.02. The van der Waals surface area contributed by atoms with Crippen molar-refractivity contribution in [2.75, 3.05) is 6.54 Å². The minimum atomic E-state index is -0.866. The van der Waals surface area contributed by atoms with Gasteiger partial charge in [0.25, 0.3) is 0 Å². The molecule has 1 aliphatic heterocycles. The zero-order valence-corrected chi connectivity index (χ0v) is 30.5. The van der Waals surface area contributed by atoms with Crippen molar-refractivity contribution >= 4 is 17.4 Å². The number of rotatable bonds is 5. The zero-order chi connectivity index (χ0) is 33.7. The highest BCUT2D eigenvalue weighted by molar-refractivity contribution is 5.88. The number of benzene rings is 1. The highest BCUT2D eigenvalue weighted by atomic mass is 16.4. The summed E-state index contributed by atoms with van der Waals surface area (Å²) in [6.07, 6.45) is 16.5. The largest absolute Gasteiger partial charge is 0.478 e. The quantitative estimate of drug-likeness (QED) is 0.326. The number of aromatic carboxylic acids is 1. The first kappa shape index (κ1) is 33.2. The molecule has 47 heavy (non-hydrogen) atoms. The van der Waals surface area contributed by atoms with Crippen LogP contribution in [-0.2, 0) is 4.79 Å². The fourth-order valence-corrected chi connectivity index (χ4v) is 14.2. The van der Waals surface area contributed by atoms with Crippen LogP contribution in [0, 0.1) is 56.7 Å². The lowest BCUT2D eigenvalue weighted by atomic mass is 9.32. The Morgan fingerprint density at radius 3 is 2.28 bits per heavy atom. The first-order chi connectivity index (χ1) is 22.2. The standard InChI is InChI=1S/C43H61NO3/c1-9-30-11-10-26-44(30)38(47)43-23-18-31(27(2)3)36(43)33-16-17-35-40(6)21-19-32(28-12-14-29(15-13-28)37(45)46)39(4,5)34(40)20-22-42(35,8)41(33,7)24-25-43/h12-15,19,30-31,33-36H,2,9-11,16-18,20-26H2,1,3-8H3,(H,45,46)/t30-,31-,33+,34-,35+,36+,40-,41+,42+,43-/m0/s1. The number of hydrogen-bond donors (Lipinski definition) is 1. The lowest BCUT2D eigenvalue weighted by Crippen LogP contribution is -2.66. The lowest BCUT2D eigenvalue weighted by molar-refractivity contribution is -0.226. The summed E-state index contributed by atoms with van der Waals surface area (Å²) in [5.41, 5.74) is 4.71. The molecule has 1 saturated heterocycles. The minimum Gasteiger partial charge on any atom is -0.478 e. The van der Waals surface area contributed by atoms with E-state index < -0.39 is 5.97 Å². The molecule has 10 atom stereocenters. The van der Waals surface area contributed by atoms with Crippen LogP contribution >= 0.6 is 0 Å². The third kappa shape index (κ3) is 4.43. The molecule has 0 spiro atoms. The maximum absolute atomic E-state index is 14.9. The number of carboxylic acid groups (broad SMARTS) is 1. The third-order valence-corrected chi connectivity index (χ3v) is 16.6. The molecular formula is C43H61NO3. The molecule has 0 radical (unpaired) electrons. The molecule has 4 heteroatoms. The van der Waals surface area contributed by atoms with E-state index in [2.05, 4.69) is 66.0 Å². The van der Waals surface area contributed by atoms with E-state index in [4.69, 9.17) is 0 Å². The molecule has 0 bridgehead atoms. The Balaban J connectivity index is 1.23. The number of likely N-dealkylation sites (tertiary alicyclic amines) is 1. The monoisotopic (exact) mass is 639 g/mol. The van der Waals surface area contributed by atoms with Gasteiger partial charge in [0.15, 0.2) is 0 Å². The number of carboxylic acids is 1. The van der Waals surface area contributed by atoms with Crippen molar-refractivity contribution < 1.29 is 14.7 Å².